The van der Waals surface area contributed by atoms with Gasteiger partial charge in [0.05, 0.1) is 0 Å². The Kier molecular flexibility index (Phi) is 2.73. The van der Waals surface area contributed by atoms with E-state index < -0.39 is 0 Å². The van der Waals surface area contributed by atoms with Gasteiger partial charge in [-0.1, -0.05) is 0 Å². The minimum absolute atomic E-state index is 0.682. The molecule has 0 radical (unpaired) electrons. The lowest BCUT2D eigenvalue weighted by atomic mass is 10.1. The highest BCUT2D eigenvalue weighted by Gasteiger charge is 2.17. The van der Waals surface area contributed by atoms with Crippen molar-refractivity contribution in [1.82, 2.24) is 9.97 Å². The van der Waals surface area contributed by atoms with Gasteiger partial charge in [0.1, 0.15) is 5.65 Å². The number of rotatable bonds is 3. The van der Waals surface area contributed by atoms with Gasteiger partial charge in [0.25, 0.3) is 0 Å². The Balaban J connectivity index is 2.11. The molecule has 0 bridgehead atoms. The molecule has 17 heavy (non-hydrogen) atoms. The summed E-state index contributed by atoms with van der Waals surface area (Å²) in [6.07, 6.45) is 7.43. The van der Waals surface area contributed by atoms with Gasteiger partial charge in [0.15, 0.2) is 0 Å². The number of nitrogens with one attached hydrogen (secondary N) is 1. The highest BCUT2D eigenvalue weighted by Crippen LogP contribution is 2.30. The summed E-state index contributed by atoms with van der Waals surface area (Å²) in [7, 11) is 0. The Bertz CT molecular complexity index is 511. The summed E-state index contributed by atoms with van der Waals surface area (Å²) < 4.78 is 0. The molecule has 3 heterocycles. The minimum atomic E-state index is 0.682. The third kappa shape index (κ3) is 1.78. The number of nitrogens with two attached hydrogens (primary N) is 1. The molecule has 2 aromatic heterocycles. The maximum absolute atomic E-state index is 5.67. The van der Waals surface area contributed by atoms with Crippen molar-refractivity contribution in [2.24, 2.45) is 5.73 Å². The first-order valence-corrected chi connectivity index (χ1v) is 6.30. The Labute approximate surface area is 101 Å². The lowest BCUT2D eigenvalue weighted by molar-refractivity contribution is 0.949. The molecule has 4 heteroatoms. The van der Waals surface area contributed by atoms with Crippen molar-refractivity contribution in [2.45, 2.75) is 19.3 Å². The molecule has 0 aliphatic carbocycles. The van der Waals surface area contributed by atoms with Crippen LogP contribution >= 0.6 is 0 Å². The molecule has 0 spiro atoms. The Morgan fingerprint density at radius 1 is 1.35 bits per heavy atom. The molecule has 1 fully saturated rings. The van der Waals surface area contributed by atoms with Crippen LogP contribution in [0.25, 0.3) is 11.0 Å². The fourth-order valence-corrected chi connectivity index (χ4v) is 2.68. The van der Waals surface area contributed by atoms with Crippen LogP contribution in [0.3, 0.4) is 0 Å². The van der Waals surface area contributed by atoms with Crippen molar-refractivity contribution in [3.8, 4) is 0 Å². The molecular formula is C13H18N4. The molecule has 1 aliphatic rings. The number of aromatic nitrogens is 2. The molecule has 0 atom stereocenters. The fraction of sp³-hybridized carbons (Fsp3) is 0.462. The number of fused-ring (bicyclic) bond motifs is 1. The van der Waals surface area contributed by atoms with Crippen LogP contribution in [0.2, 0.25) is 0 Å². The summed E-state index contributed by atoms with van der Waals surface area (Å²) in [6.45, 7) is 3.00. The topological polar surface area (TPSA) is 57.9 Å². The van der Waals surface area contributed by atoms with Crippen LogP contribution in [0.1, 0.15) is 18.4 Å². The highest BCUT2D eigenvalue weighted by atomic mass is 15.1. The predicted molar refractivity (Wildman–Crippen MR) is 70.3 cm³/mol. The summed E-state index contributed by atoms with van der Waals surface area (Å²) in [5.41, 5.74) is 9.26. The van der Waals surface area contributed by atoms with Crippen molar-refractivity contribution >= 4 is 16.7 Å². The van der Waals surface area contributed by atoms with Crippen molar-refractivity contribution < 1.29 is 0 Å². The van der Waals surface area contributed by atoms with Crippen molar-refractivity contribution in [1.29, 1.82) is 0 Å². The largest absolute Gasteiger partial charge is 0.371 e. The number of H-pyrrole nitrogens is 1. The van der Waals surface area contributed by atoms with Crippen LogP contribution in [0.5, 0.6) is 0 Å². The average molecular weight is 230 g/mol. The van der Waals surface area contributed by atoms with E-state index in [1.807, 2.05) is 12.4 Å². The fourth-order valence-electron chi connectivity index (χ4n) is 2.68. The van der Waals surface area contributed by atoms with Gasteiger partial charge in [-0.05, 0) is 37.4 Å². The van der Waals surface area contributed by atoms with E-state index in [0.717, 1.165) is 25.2 Å². The van der Waals surface area contributed by atoms with E-state index in [1.165, 1.54) is 29.5 Å². The van der Waals surface area contributed by atoms with Crippen molar-refractivity contribution in [2.75, 3.05) is 24.5 Å². The SMILES string of the molecule is NCCc1c[nH]c2nccc(N3CCCC3)c12. The Morgan fingerprint density at radius 3 is 2.94 bits per heavy atom. The standard InChI is InChI=1S/C13H18N4/c14-5-3-10-9-16-13-12(10)11(4-6-15-13)17-7-1-2-8-17/h4,6,9H,1-3,5,7-8,14H2,(H,15,16). The van der Waals surface area contributed by atoms with Crippen LogP contribution in [-0.4, -0.2) is 29.6 Å². The summed E-state index contributed by atoms with van der Waals surface area (Å²) in [6, 6.07) is 2.13. The van der Waals surface area contributed by atoms with Gasteiger partial charge in [-0.25, -0.2) is 4.98 Å². The summed E-state index contributed by atoms with van der Waals surface area (Å²) >= 11 is 0. The third-order valence-corrected chi connectivity index (χ3v) is 3.49. The summed E-state index contributed by atoms with van der Waals surface area (Å²) in [4.78, 5) is 10.1. The second-order valence-corrected chi connectivity index (χ2v) is 4.60. The van der Waals surface area contributed by atoms with E-state index in [0.29, 0.717) is 6.54 Å². The van der Waals surface area contributed by atoms with Crippen molar-refractivity contribution in [3.63, 3.8) is 0 Å². The van der Waals surface area contributed by atoms with E-state index in [9.17, 15) is 0 Å². The van der Waals surface area contributed by atoms with E-state index in [4.69, 9.17) is 5.73 Å². The number of hydrogen-bond donors (Lipinski definition) is 2. The van der Waals surface area contributed by atoms with Gasteiger partial charge in [-0.2, -0.15) is 0 Å². The number of pyridine rings is 1. The first-order chi connectivity index (χ1) is 8.40. The first kappa shape index (κ1) is 10.6. The number of anilines is 1. The monoisotopic (exact) mass is 230 g/mol. The van der Waals surface area contributed by atoms with Gasteiger partial charge in [-0.3, -0.25) is 0 Å². The van der Waals surface area contributed by atoms with Crippen LogP contribution in [0.15, 0.2) is 18.5 Å². The second-order valence-electron chi connectivity index (χ2n) is 4.60. The minimum Gasteiger partial charge on any atom is -0.371 e. The molecule has 4 nitrogen and oxygen atoms in total. The average Bonchev–Trinajstić information content (AvgIpc) is 2.98. The second kappa shape index (κ2) is 4.37. The number of hydrogen-bond acceptors (Lipinski definition) is 3. The summed E-state index contributed by atoms with van der Waals surface area (Å²) in [5.74, 6) is 0. The number of nitrogens with zero attached hydrogens (tertiary/aromatic N) is 2. The number of aromatic amines is 1. The molecule has 0 aromatic carbocycles. The third-order valence-electron chi connectivity index (χ3n) is 3.49. The predicted octanol–water partition coefficient (Wildman–Crippen LogP) is 1.66. The van der Waals surface area contributed by atoms with E-state index >= 15 is 0 Å². The van der Waals surface area contributed by atoms with Crippen molar-refractivity contribution in [3.05, 3.63) is 24.0 Å². The quantitative estimate of drug-likeness (QED) is 0.843. The highest BCUT2D eigenvalue weighted by molar-refractivity contribution is 5.93. The maximum Gasteiger partial charge on any atom is 0.139 e. The van der Waals surface area contributed by atoms with Crippen LogP contribution in [0.4, 0.5) is 5.69 Å². The van der Waals surface area contributed by atoms with Crippen LogP contribution in [-0.2, 0) is 6.42 Å². The zero-order valence-corrected chi connectivity index (χ0v) is 9.95. The lowest BCUT2D eigenvalue weighted by Gasteiger charge is -2.19. The van der Waals surface area contributed by atoms with Crippen LogP contribution < -0.4 is 10.6 Å². The van der Waals surface area contributed by atoms with Gasteiger partial charge in [0, 0.05) is 36.6 Å². The molecule has 90 valence electrons. The smallest absolute Gasteiger partial charge is 0.139 e. The first-order valence-electron chi connectivity index (χ1n) is 6.30. The zero-order chi connectivity index (χ0) is 11.7. The van der Waals surface area contributed by atoms with Gasteiger partial charge in [-0.15, -0.1) is 0 Å². The van der Waals surface area contributed by atoms with Gasteiger partial charge in [0.2, 0.25) is 0 Å². The molecule has 0 amide bonds. The molecule has 0 unspecified atom stereocenters. The molecule has 1 saturated heterocycles. The Morgan fingerprint density at radius 2 is 2.18 bits per heavy atom. The zero-order valence-electron chi connectivity index (χ0n) is 9.95. The molecule has 3 N–H and O–H groups in total. The molecule has 2 aromatic rings. The lowest BCUT2D eigenvalue weighted by Crippen LogP contribution is -2.18. The van der Waals surface area contributed by atoms with Crippen LogP contribution in [0, 0.1) is 0 Å². The van der Waals surface area contributed by atoms with E-state index in [-0.39, 0.29) is 0 Å². The van der Waals surface area contributed by atoms with Gasteiger partial charge < -0.3 is 15.6 Å². The normalized spacial score (nSPS) is 15.9. The molecule has 0 saturated carbocycles. The molecular weight excluding hydrogens is 212 g/mol. The molecule has 1 aliphatic heterocycles. The van der Waals surface area contributed by atoms with Gasteiger partial charge >= 0.3 is 0 Å². The van der Waals surface area contributed by atoms with E-state index in [1.54, 1.807) is 0 Å². The maximum atomic E-state index is 5.67. The molecule has 3 rings (SSSR count). The van der Waals surface area contributed by atoms with E-state index in [2.05, 4.69) is 20.9 Å². The summed E-state index contributed by atoms with van der Waals surface area (Å²) in [5, 5.41) is 1.26. The Hall–Kier alpha value is -1.55.